The number of likely N-dealkylation sites (tertiary alicyclic amines) is 1. The minimum Gasteiger partial charge on any atom is -0.448 e. The number of rotatable bonds is 2. The molecule has 2 aromatic carbocycles. The third kappa shape index (κ3) is 2.06. The van der Waals surface area contributed by atoms with Gasteiger partial charge < -0.3 is 10.1 Å². The van der Waals surface area contributed by atoms with Gasteiger partial charge in [0.2, 0.25) is 0 Å². The molecule has 2 aromatic rings. The van der Waals surface area contributed by atoms with Crippen LogP contribution in [0.1, 0.15) is 23.5 Å². The lowest BCUT2D eigenvalue weighted by Crippen LogP contribution is -2.91. The summed E-state index contributed by atoms with van der Waals surface area (Å²) in [5.74, 6) is 0.146. The number of piperazine rings is 1. The molecule has 0 saturated carbocycles. The number of quaternary nitrogens is 1. The Hall–Kier alpha value is -2.33. The first-order valence-electron chi connectivity index (χ1n) is 8.76. The molecular formula is C20H21N2O2+. The van der Waals surface area contributed by atoms with Crippen molar-refractivity contribution in [2.24, 2.45) is 0 Å². The van der Waals surface area contributed by atoms with Crippen molar-refractivity contribution in [2.45, 2.75) is 24.4 Å². The van der Waals surface area contributed by atoms with E-state index in [4.69, 9.17) is 4.74 Å². The van der Waals surface area contributed by atoms with Crippen LogP contribution in [-0.2, 0) is 4.74 Å². The van der Waals surface area contributed by atoms with Crippen molar-refractivity contribution >= 4 is 6.09 Å². The Labute approximate surface area is 141 Å². The molecule has 2 atom stereocenters. The molecule has 2 heterocycles. The van der Waals surface area contributed by atoms with E-state index in [-0.39, 0.29) is 12.0 Å². The Kier molecular flexibility index (Phi) is 3.13. The fourth-order valence-electron chi connectivity index (χ4n) is 4.60. The predicted octanol–water partition coefficient (Wildman–Crippen LogP) is 1.96. The molecule has 3 aliphatic rings. The Balaban J connectivity index is 1.37. The van der Waals surface area contributed by atoms with Gasteiger partial charge >= 0.3 is 6.09 Å². The van der Waals surface area contributed by atoms with Gasteiger partial charge in [-0.2, -0.15) is 0 Å². The lowest BCUT2D eigenvalue weighted by atomic mass is 9.98. The maximum absolute atomic E-state index is 12.5. The topological polar surface area (TPSA) is 46.1 Å². The molecule has 0 spiro atoms. The predicted molar refractivity (Wildman–Crippen MR) is 90.8 cm³/mol. The van der Waals surface area contributed by atoms with Gasteiger partial charge in [-0.1, -0.05) is 48.5 Å². The maximum atomic E-state index is 12.5. The number of carbonyl (C=O) groups excluding carboxylic acids is 1. The van der Waals surface area contributed by atoms with Crippen molar-refractivity contribution in [3.63, 3.8) is 0 Å². The van der Waals surface area contributed by atoms with Crippen LogP contribution < -0.4 is 5.32 Å². The fraction of sp³-hybridized carbons (Fsp3) is 0.350. The molecule has 0 unspecified atom stereocenters. The third-order valence-electron chi connectivity index (χ3n) is 5.76. The number of fused-ring (bicyclic) bond motifs is 5. The van der Waals surface area contributed by atoms with Crippen LogP contribution in [0.15, 0.2) is 48.5 Å². The summed E-state index contributed by atoms with van der Waals surface area (Å²) in [4.78, 5) is 14.4. The second-order valence-corrected chi connectivity index (χ2v) is 7.08. The Morgan fingerprint density at radius 1 is 1.08 bits per heavy atom. The normalized spacial score (nSPS) is 24.1. The molecule has 1 amide bonds. The molecule has 2 saturated heterocycles. The van der Waals surface area contributed by atoms with E-state index in [2.05, 4.69) is 53.8 Å². The van der Waals surface area contributed by atoms with E-state index in [1.807, 2.05) is 4.90 Å². The smallest absolute Gasteiger partial charge is 0.410 e. The molecule has 2 fully saturated rings. The summed E-state index contributed by atoms with van der Waals surface area (Å²) in [7, 11) is 0. The molecule has 24 heavy (non-hydrogen) atoms. The second kappa shape index (κ2) is 5.35. The molecule has 4 heteroatoms. The number of benzene rings is 2. The largest absolute Gasteiger partial charge is 0.448 e. The van der Waals surface area contributed by atoms with Crippen LogP contribution in [0.25, 0.3) is 11.1 Å². The van der Waals surface area contributed by atoms with Crippen LogP contribution in [0.4, 0.5) is 4.79 Å². The summed E-state index contributed by atoms with van der Waals surface area (Å²) in [5.41, 5.74) is 5.07. The summed E-state index contributed by atoms with van der Waals surface area (Å²) in [6, 6.07) is 17.8. The number of ether oxygens (including phenoxy) is 1. The molecule has 2 aliphatic heterocycles. The van der Waals surface area contributed by atoms with E-state index in [9.17, 15) is 4.79 Å². The van der Waals surface area contributed by atoms with Gasteiger partial charge in [-0.15, -0.1) is 0 Å². The number of hydrogen-bond acceptors (Lipinski definition) is 2. The Bertz CT molecular complexity index is 758. The molecule has 5 rings (SSSR count). The van der Waals surface area contributed by atoms with Crippen molar-refractivity contribution in [3.05, 3.63) is 59.7 Å². The number of nitrogens with zero attached hydrogens (tertiary/aromatic N) is 1. The SMILES string of the molecule is O=C(OCC1c2ccccc2-c2ccccc21)N1C[C@@H]2C[C@H]1C[NH2+]2. The molecule has 2 N–H and O–H groups in total. The number of nitrogens with two attached hydrogens (primary N) is 1. The van der Waals surface area contributed by atoms with Gasteiger partial charge in [-0.25, -0.2) is 4.79 Å². The van der Waals surface area contributed by atoms with Crippen molar-refractivity contribution in [3.8, 4) is 11.1 Å². The summed E-state index contributed by atoms with van der Waals surface area (Å²) in [6.45, 7) is 2.28. The van der Waals surface area contributed by atoms with E-state index in [1.165, 1.54) is 22.3 Å². The second-order valence-electron chi connectivity index (χ2n) is 7.08. The van der Waals surface area contributed by atoms with Crippen molar-refractivity contribution in [1.82, 2.24) is 4.90 Å². The lowest BCUT2D eigenvalue weighted by molar-refractivity contribution is -0.677. The van der Waals surface area contributed by atoms with Gasteiger partial charge in [-0.05, 0) is 22.3 Å². The third-order valence-corrected chi connectivity index (χ3v) is 5.76. The first-order chi connectivity index (χ1) is 11.8. The van der Waals surface area contributed by atoms with Crippen LogP contribution >= 0.6 is 0 Å². The Morgan fingerprint density at radius 3 is 2.33 bits per heavy atom. The molecule has 0 aromatic heterocycles. The van der Waals surface area contributed by atoms with Crippen molar-refractivity contribution in [2.75, 3.05) is 19.7 Å². The molecule has 2 bridgehead atoms. The zero-order valence-electron chi connectivity index (χ0n) is 13.5. The quantitative estimate of drug-likeness (QED) is 0.919. The maximum Gasteiger partial charge on any atom is 0.410 e. The van der Waals surface area contributed by atoms with E-state index in [1.54, 1.807) is 0 Å². The summed E-state index contributed by atoms with van der Waals surface area (Å²) >= 11 is 0. The molecule has 0 radical (unpaired) electrons. The van der Waals surface area contributed by atoms with E-state index >= 15 is 0 Å². The molecule has 4 nitrogen and oxygen atoms in total. The highest BCUT2D eigenvalue weighted by atomic mass is 16.6. The van der Waals surface area contributed by atoms with Gasteiger partial charge in [0.1, 0.15) is 12.6 Å². The van der Waals surface area contributed by atoms with Gasteiger partial charge in [0.15, 0.2) is 0 Å². The Morgan fingerprint density at radius 2 is 1.75 bits per heavy atom. The number of hydrogen-bond donors (Lipinski definition) is 1. The highest BCUT2D eigenvalue weighted by molar-refractivity contribution is 5.79. The van der Waals surface area contributed by atoms with Crippen molar-refractivity contribution < 1.29 is 14.8 Å². The highest BCUT2D eigenvalue weighted by Gasteiger charge is 2.44. The van der Waals surface area contributed by atoms with Gasteiger partial charge in [0, 0.05) is 12.3 Å². The van der Waals surface area contributed by atoms with Gasteiger partial charge in [0.05, 0.1) is 19.1 Å². The average molecular weight is 321 g/mol. The lowest BCUT2D eigenvalue weighted by Gasteiger charge is -2.25. The van der Waals surface area contributed by atoms with Crippen molar-refractivity contribution in [1.29, 1.82) is 0 Å². The first kappa shape index (κ1) is 14.1. The van der Waals surface area contributed by atoms with E-state index in [0.717, 1.165) is 19.5 Å². The highest BCUT2D eigenvalue weighted by Crippen LogP contribution is 2.44. The van der Waals surface area contributed by atoms with E-state index in [0.29, 0.717) is 18.7 Å². The summed E-state index contributed by atoms with van der Waals surface area (Å²) in [6.07, 6.45) is 0.974. The number of amides is 1. The van der Waals surface area contributed by atoms with Crippen LogP contribution in [0, 0.1) is 0 Å². The minimum absolute atomic E-state index is 0.141. The zero-order chi connectivity index (χ0) is 16.1. The fourth-order valence-corrected chi connectivity index (χ4v) is 4.60. The number of carbonyl (C=O) groups is 1. The summed E-state index contributed by atoms with van der Waals surface area (Å²) < 4.78 is 5.75. The molecule has 1 aliphatic carbocycles. The van der Waals surface area contributed by atoms with Gasteiger partial charge in [-0.3, -0.25) is 4.90 Å². The van der Waals surface area contributed by atoms with Crippen LogP contribution in [0.5, 0.6) is 0 Å². The van der Waals surface area contributed by atoms with Gasteiger partial charge in [0.25, 0.3) is 0 Å². The zero-order valence-corrected chi connectivity index (χ0v) is 13.5. The monoisotopic (exact) mass is 321 g/mol. The van der Waals surface area contributed by atoms with E-state index < -0.39 is 0 Å². The standard InChI is InChI=1S/C20H20N2O2/c23-20(22-11-13-9-14(22)10-21-13)24-12-19-17-7-3-1-5-15(17)16-6-2-4-8-18(16)19/h1-8,13-14,19,21H,9-12H2/p+1/t13-,14-/m0/s1. The van der Waals surface area contributed by atoms with Crippen LogP contribution in [0.2, 0.25) is 0 Å². The minimum atomic E-state index is -0.141. The first-order valence-corrected chi connectivity index (χ1v) is 8.76. The molecule has 122 valence electrons. The van der Waals surface area contributed by atoms with Crippen LogP contribution in [0.3, 0.4) is 0 Å². The summed E-state index contributed by atoms with van der Waals surface area (Å²) in [5, 5.41) is 2.35. The van der Waals surface area contributed by atoms with Crippen LogP contribution in [-0.4, -0.2) is 42.8 Å². The molecular weight excluding hydrogens is 300 g/mol. The average Bonchev–Trinajstić information content (AvgIpc) is 3.33.